The van der Waals surface area contributed by atoms with E-state index in [1.807, 2.05) is 50.2 Å². The van der Waals surface area contributed by atoms with Gasteiger partial charge in [-0.05, 0) is 45.0 Å². The zero-order chi connectivity index (χ0) is 16.3. The molecule has 120 valence electrons. The molecule has 1 atom stereocenters. The molecule has 1 aromatic rings. The molecule has 0 aromatic heterocycles. The highest BCUT2D eigenvalue weighted by Gasteiger charge is 2.44. The fourth-order valence-corrected chi connectivity index (χ4v) is 3.22. The number of carbonyl (C=O) groups excluding carboxylic acids is 1. The third-order valence-corrected chi connectivity index (χ3v) is 4.48. The molecule has 0 radical (unpaired) electrons. The Morgan fingerprint density at radius 2 is 1.82 bits per heavy atom. The minimum Gasteiger partial charge on any atom is -0.480 e. The lowest BCUT2D eigenvalue weighted by molar-refractivity contribution is -0.148. The van der Waals surface area contributed by atoms with Gasteiger partial charge in [0.1, 0.15) is 11.6 Å². The van der Waals surface area contributed by atoms with E-state index in [-0.39, 0.29) is 5.91 Å². The largest absolute Gasteiger partial charge is 0.480 e. The monoisotopic (exact) mass is 304 g/mol. The highest BCUT2D eigenvalue weighted by Crippen LogP contribution is 2.31. The predicted octanol–water partition coefficient (Wildman–Crippen LogP) is 2.11. The van der Waals surface area contributed by atoms with Gasteiger partial charge in [-0.3, -0.25) is 9.69 Å². The SMILES string of the molecule is Cc1ccccc1[C@@H](C(=O)NC1(C(=O)O)CCCC1)N(C)C. The van der Waals surface area contributed by atoms with Gasteiger partial charge in [-0.25, -0.2) is 4.79 Å². The van der Waals surface area contributed by atoms with Crippen LogP contribution in [0.15, 0.2) is 24.3 Å². The van der Waals surface area contributed by atoms with Crippen molar-refractivity contribution < 1.29 is 14.7 Å². The van der Waals surface area contributed by atoms with Crippen LogP contribution in [0.2, 0.25) is 0 Å². The second-order valence-electron chi connectivity index (χ2n) is 6.31. The quantitative estimate of drug-likeness (QED) is 0.874. The second kappa shape index (κ2) is 6.48. The maximum Gasteiger partial charge on any atom is 0.329 e. The number of carboxylic acids is 1. The number of aliphatic carboxylic acids is 1. The molecule has 0 heterocycles. The van der Waals surface area contributed by atoms with Gasteiger partial charge in [0.2, 0.25) is 5.91 Å². The Bertz CT molecular complexity index is 563. The molecular formula is C17H24N2O3. The minimum absolute atomic E-state index is 0.247. The number of aryl methyl sites for hydroxylation is 1. The maximum atomic E-state index is 12.8. The van der Waals surface area contributed by atoms with Crippen LogP contribution in [0, 0.1) is 6.92 Å². The van der Waals surface area contributed by atoms with Crippen LogP contribution in [0.4, 0.5) is 0 Å². The standard InChI is InChI=1S/C17H24N2O3/c1-12-8-4-5-9-13(12)14(19(2)3)15(20)18-17(16(21)22)10-6-7-11-17/h4-5,8-9,14H,6-7,10-11H2,1-3H3,(H,18,20)(H,21,22)/t14-/m0/s1. The summed E-state index contributed by atoms with van der Waals surface area (Å²) >= 11 is 0. The Balaban J connectivity index is 2.28. The molecule has 1 aliphatic carbocycles. The summed E-state index contributed by atoms with van der Waals surface area (Å²) < 4.78 is 0. The summed E-state index contributed by atoms with van der Waals surface area (Å²) in [6.07, 6.45) is 2.68. The van der Waals surface area contributed by atoms with Crippen molar-refractivity contribution in [1.29, 1.82) is 0 Å². The summed E-state index contributed by atoms with van der Waals surface area (Å²) in [6, 6.07) is 7.22. The second-order valence-corrected chi connectivity index (χ2v) is 6.31. The van der Waals surface area contributed by atoms with Gasteiger partial charge in [0, 0.05) is 0 Å². The summed E-state index contributed by atoms with van der Waals surface area (Å²) in [5, 5.41) is 12.3. The molecule has 5 nitrogen and oxygen atoms in total. The maximum absolute atomic E-state index is 12.8. The number of carbonyl (C=O) groups is 2. The molecule has 1 aromatic carbocycles. The van der Waals surface area contributed by atoms with Crippen molar-refractivity contribution >= 4 is 11.9 Å². The Kier molecular flexibility index (Phi) is 4.86. The lowest BCUT2D eigenvalue weighted by atomic mass is 9.94. The van der Waals surface area contributed by atoms with Gasteiger partial charge in [-0.2, -0.15) is 0 Å². The lowest BCUT2D eigenvalue weighted by Gasteiger charge is -2.31. The van der Waals surface area contributed by atoms with Crippen LogP contribution in [-0.2, 0) is 9.59 Å². The first kappa shape index (κ1) is 16.5. The van der Waals surface area contributed by atoms with Gasteiger partial charge >= 0.3 is 5.97 Å². The molecule has 1 fully saturated rings. The van der Waals surface area contributed by atoms with E-state index in [9.17, 15) is 14.7 Å². The topological polar surface area (TPSA) is 69.6 Å². The molecule has 1 aliphatic rings. The van der Waals surface area contributed by atoms with E-state index in [2.05, 4.69) is 5.32 Å². The number of amides is 1. The molecule has 0 saturated heterocycles. The van der Waals surface area contributed by atoms with E-state index in [1.54, 1.807) is 0 Å². The average Bonchev–Trinajstić information content (AvgIpc) is 2.90. The average molecular weight is 304 g/mol. The van der Waals surface area contributed by atoms with Crippen molar-refractivity contribution in [1.82, 2.24) is 10.2 Å². The molecule has 22 heavy (non-hydrogen) atoms. The van der Waals surface area contributed by atoms with Crippen LogP contribution >= 0.6 is 0 Å². The van der Waals surface area contributed by atoms with Gasteiger partial charge in [-0.15, -0.1) is 0 Å². The number of nitrogens with one attached hydrogen (secondary N) is 1. The number of hydrogen-bond acceptors (Lipinski definition) is 3. The normalized spacial score (nSPS) is 18.2. The summed E-state index contributed by atoms with van der Waals surface area (Å²) in [5.74, 6) is -1.18. The minimum atomic E-state index is -1.10. The van der Waals surface area contributed by atoms with Crippen molar-refractivity contribution in [3.63, 3.8) is 0 Å². The highest BCUT2D eigenvalue weighted by atomic mass is 16.4. The molecule has 0 unspecified atom stereocenters. The Morgan fingerprint density at radius 3 is 2.32 bits per heavy atom. The van der Waals surface area contributed by atoms with Gasteiger partial charge in [-0.1, -0.05) is 37.1 Å². The number of rotatable bonds is 5. The van der Waals surface area contributed by atoms with Crippen LogP contribution in [0.5, 0.6) is 0 Å². The van der Waals surface area contributed by atoms with Crippen LogP contribution in [-0.4, -0.2) is 41.5 Å². The fraction of sp³-hybridized carbons (Fsp3) is 0.529. The van der Waals surface area contributed by atoms with E-state index in [0.29, 0.717) is 12.8 Å². The molecule has 1 saturated carbocycles. The van der Waals surface area contributed by atoms with E-state index in [0.717, 1.165) is 24.0 Å². The van der Waals surface area contributed by atoms with Gasteiger partial charge in [0.25, 0.3) is 0 Å². The molecular weight excluding hydrogens is 280 g/mol. The van der Waals surface area contributed by atoms with Gasteiger partial charge in [0.05, 0.1) is 0 Å². The summed E-state index contributed by atoms with van der Waals surface area (Å²) in [7, 11) is 3.66. The zero-order valence-electron chi connectivity index (χ0n) is 13.4. The van der Waals surface area contributed by atoms with Crippen LogP contribution in [0.1, 0.15) is 42.9 Å². The van der Waals surface area contributed by atoms with E-state index < -0.39 is 17.6 Å². The smallest absolute Gasteiger partial charge is 0.329 e. The number of likely N-dealkylation sites (N-methyl/N-ethyl adjacent to an activating group) is 1. The predicted molar refractivity (Wildman–Crippen MR) is 84.6 cm³/mol. The molecule has 0 bridgehead atoms. The number of hydrogen-bond donors (Lipinski definition) is 2. The molecule has 2 rings (SSSR count). The molecule has 0 aliphatic heterocycles. The van der Waals surface area contributed by atoms with E-state index in [1.165, 1.54) is 0 Å². The fourth-order valence-electron chi connectivity index (χ4n) is 3.22. The van der Waals surface area contributed by atoms with E-state index >= 15 is 0 Å². The first-order valence-corrected chi connectivity index (χ1v) is 7.65. The lowest BCUT2D eigenvalue weighted by Crippen LogP contribution is -2.55. The number of carboxylic acid groups (broad SMARTS) is 1. The summed E-state index contributed by atoms with van der Waals surface area (Å²) in [5.41, 5.74) is 0.823. The Hall–Kier alpha value is -1.88. The van der Waals surface area contributed by atoms with Crippen molar-refractivity contribution in [2.75, 3.05) is 14.1 Å². The molecule has 5 heteroatoms. The third-order valence-electron chi connectivity index (χ3n) is 4.48. The summed E-state index contributed by atoms with van der Waals surface area (Å²) in [4.78, 5) is 26.2. The van der Waals surface area contributed by atoms with Crippen LogP contribution in [0.25, 0.3) is 0 Å². The van der Waals surface area contributed by atoms with Crippen LogP contribution in [0.3, 0.4) is 0 Å². The molecule has 0 spiro atoms. The van der Waals surface area contributed by atoms with E-state index in [4.69, 9.17) is 0 Å². The van der Waals surface area contributed by atoms with Crippen molar-refractivity contribution in [2.24, 2.45) is 0 Å². The first-order valence-electron chi connectivity index (χ1n) is 7.65. The van der Waals surface area contributed by atoms with Crippen molar-refractivity contribution in [3.8, 4) is 0 Å². The number of benzene rings is 1. The van der Waals surface area contributed by atoms with Crippen LogP contribution < -0.4 is 5.32 Å². The zero-order valence-corrected chi connectivity index (χ0v) is 13.4. The Morgan fingerprint density at radius 1 is 1.23 bits per heavy atom. The molecule has 2 N–H and O–H groups in total. The first-order chi connectivity index (χ1) is 10.4. The third kappa shape index (κ3) is 3.14. The summed E-state index contributed by atoms with van der Waals surface area (Å²) in [6.45, 7) is 1.96. The highest BCUT2D eigenvalue weighted by molar-refractivity contribution is 5.90. The van der Waals surface area contributed by atoms with Gasteiger partial charge < -0.3 is 10.4 Å². The molecule has 1 amide bonds. The van der Waals surface area contributed by atoms with Gasteiger partial charge in [0.15, 0.2) is 0 Å². The Labute approximate surface area is 131 Å². The van der Waals surface area contributed by atoms with Crippen molar-refractivity contribution in [3.05, 3.63) is 35.4 Å². The number of nitrogens with zero attached hydrogens (tertiary/aromatic N) is 1. The van der Waals surface area contributed by atoms with Crippen molar-refractivity contribution in [2.45, 2.75) is 44.2 Å².